The van der Waals surface area contributed by atoms with Crippen LogP contribution in [0.2, 0.25) is 0 Å². The summed E-state index contributed by atoms with van der Waals surface area (Å²) < 4.78 is 5.82. The van der Waals surface area contributed by atoms with E-state index in [-0.39, 0.29) is 6.10 Å². The predicted octanol–water partition coefficient (Wildman–Crippen LogP) is 3.86. The summed E-state index contributed by atoms with van der Waals surface area (Å²) in [6.07, 6.45) is 3.48. The third-order valence-corrected chi connectivity index (χ3v) is 3.11. The largest absolute Gasteiger partial charge is 0.489 e. The SMILES string of the molecule is CC(C)Oc1cccc2ccc(/C=N/Nc3ccccn3)nc12. The fraction of sp³-hybridized carbons (Fsp3) is 0.167. The highest BCUT2D eigenvalue weighted by atomic mass is 16.5. The van der Waals surface area contributed by atoms with Crippen molar-refractivity contribution in [2.24, 2.45) is 5.10 Å². The second kappa shape index (κ2) is 6.87. The van der Waals surface area contributed by atoms with E-state index >= 15 is 0 Å². The van der Waals surface area contributed by atoms with E-state index in [0.29, 0.717) is 5.82 Å². The van der Waals surface area contributed by atoms with Crippen molar-refractivity contribution in [3.8, 4) is 5.75 Å². The molecule has 116 valence electrons. The normalized spacial score (nSPS) is 11.3. The van der Waals surface area contributed by atoms with E-state index in [1.165, 1.54) is 0 Å². The van der Waals surface area contributed by atoms with E-state index in [4.69, 9.17) is 4.74 Å². The van der Waals surface area contributed by atoms with Crippen molar-refractivity contribution >= 4 is 22.9 Å². The second-order valence-corrected chi connectivity index (χ2v) is 5.32. The third-order valence-electron chi connectivity index (χ3n) is 3.11. The lowest BCUT2D eigenvalue weighted by Gasteiger charge is -2.11. The molecule has 0 aliphatic rings. The van der Waals surface area contributed by atoms with Crippen molar-refractivity contribution in [2.45, 2.75) is 20.0 Å². The van der Waals surface area contributed by atoms with Crippen molar-refractivity contribution in [3.63, 3.8) is 0 Å². The summed E-state index contributed by atoms with van der Waals surface area (Å²) in [4.78, 5) is 8.77. The summed E-state index contributed by atoms with van der Waals surface area (Å²) in [7, 11) is 0. The number of hydrazone groups is 1. The van der Waals surface area contributed by atoms with Crippen molar-refractivity contribution in [3.05, 3.63) is 60.4 Å². The molecule has 2 heterocycles. The quantitative estimate of drug-likeness (QED) is 0.574. The Morgan fingerprint density at radius 1 is 1.09 bits per heavy atom. The van der Waals surface area contributed by atoms with Gasteiger partial charge in [-0.3, -0.25) is 5.43 Å². The molecule has 0 radical (unpaired) electrons. The van der Waals surface area contributed by atoms with Gasteiger partial charge in [0.1, 0.15) is 17.1 Å². The molecule has 0 atom stereocenters. The average molecular weight is 306 g/mol. The van der Waals surface area contributed by atoms with Crippen LogP contribution in [0.1, 0.15) is 19.5 Å². The van der Waals surface area contributed by atoms with E-state index in [1.54, 1.807) is 12.4 Å². The second-order valence-electron chi connectivity index (χ2n) is 5.32. The number of para-hydroxylation sites is 1. The number of fused-ring (bicyclic) bond motifs is 1. The van der Waals surface area contributed by atoms with Crippen LogP contribution < -0.4 is 10.2 Å². The van der Waals surface area contributed by atoms with Gasteiger partial charge in [0.2, 0.25) is 0 Å². The zero-order valence-corrected chi connectivity index (χ0v) is 13.1. The summed E-state index contributed by atoms with van der Waals surface area (Å²) in [5, 5.41) is 5.21. The number of pyridine rings is 2. The Labute approximate surface area is 135 Å². The van der Waals surface area contributed by atoms with Crippen LogP contribution in [-0.4, -0.2) is 22.3 Å². The Bertz CT molecular complexity index is 816. The molecule has 5 heteroatoms. The summed E-state index contributed by atoms with van der Waals surface area (Å²) in [5.41, 5.74) is 4.46. The highest BCUT2D eigenvalue weighted by Crippen LogP contribution is 2.24. The molecule has 0 aliphatic heterocycles. The maximum atomic E-state index is 5.82. The molecular weight excluding hydrogens is 288 g/mol. The minimum Gasteiger partial charge on any atom is -0.489 e. The number of nitrogens with zero attached hydrogens (tertiary/aromatic N) is 3. The van der Waals surface area contributed by atoms with Gasteiger partial charge < -0.3 is 4.74 Å². The molecule has 23 heavy (non-hydrogen) atoms. The van der Waals surface area contributed by atoms with E-state index in [1.807, 2.05) is 62.4 Å². The van der Waals surface area contributed by atoms with Gasteiger partial charge in [-0.2, -0.15) is 5.10 Å². The molecule has 0 unspecified atom stereocenters. The van der Waals surface area contributed by atoms with Crippen LogP contribution in [-0.2, 0) is 0 Å². The van der Waals surface area contributed by atoms with Gasteiger partial charge in [-0.15, -0.1) is 0 Å². The van der Waals surface area contributed by atoms with E-state index in [9.17, 15) is 0 Å². The zero-order valence-electron chi connectivity index (χ0n) is 13.1. The average Bonchev–Trinajstić information content (AvgIpc) is 2.56. The predicted molar refractivity (Wildman–Crippen MR) is 93.0 cm³/mol. The minimum absolute atomic E-state index is 0.102. The highest BCUT2D eigenvalue weighted by Gasteiger charge is 2.06. The molecule has 0 fully saturated rings. The Balaban J connectivity index is 1.84. The minimum atomic E-state index is 0.102. The molecule has 0 saturated heterocycles. The molecule has 3 rings (SSSR count). The Kier molecular flexibility index (Phi) is 4.47. The number of ether oxygens (including phenoxy) is 1. The van der Waals surface area contributed by atoms with Crippen LogP contribution in [0.3, 0.4) is 0 Å². The Morgan fingerprint density at radius 2 is 2.00 bits per heavy atom. The Hall–Kier alpha value is -2.95. The third kappa shape index (κ3) is 3.83. The van der Waals surface area contributed by atoms with Crippen LogP contribution in [0.15, 0.2) is 59.8 Å². The molecule has 0 amide bonds. The van der Waals surface area contributed by atoms with Gasteiger partial charge >= 0.3 is 0 Å². The van der Waals surface area contributed by atoms with E-state index in [2.05, 4.69) is 20.5 Å². The first kappa shape index (κ1) is 15.0. The topological polar surface area (TPSA) is 59.4 Å². The van der Waals surface area contributed by atoms with Crippen molar-refractivity contribution in [2.75, 3.05) is 5.43 Å². The molecule has 3 aromatic rings. The monoisotopic (exact) mass is 306 g/mol. The molecule has 5 nitrogen and oxygen atoms in total. The number of benzene rings is 1. The first-order chi connectivity index (χ1) is 11.2. The summed E-state index contributed by atoms with van der Waals surface area (Å²) in [6.45, 7) is 4.00. The summed E-state index contributed by atoms with van der Waals surface area (Å²) in [5.74, 6) is 1.47. The molecule has 0 bridgehead atoms. The van der Waals surface area contributed by atoms with Crippen LogP contribution in [0.5, 0.6) is 5.75 Å². The van der Waals surface area contributed by atoms with Gasteiger partial charge in [-0.25, -0.2) is 9.97 Å². The number of rotatable bonds is 5. The first-order valence-corrected chi connectivity index (χ1v) is 7.49. The molecule has 1 N–H and O–H groups in total. The van der Waals surface area contributed by atoms with Crippen molar-refractivity contribution in [1.82, 2.24) is 9.97 Å². The number of anilines is 1. The lowest BCUT2D eigenvalue weighted by Crippen LogP contribution is -2.06. The van der Waals surface area contributed by atoms with Gasteiger partial charge in [-0.1, -0.05) is 24.3 Å². The van der Waals surface area contributed by atoms with Gasteiger partial charge in [0.15, 0.2) is 0 Å². The molecule has 1 aromatic carbocycles. The maximum absolute atomic E-state index is 5.82. The molecule has 0 saturated carbocycles. The van der Waals surface area contributed by atoms with Crippen LogP contribution >= 0.6 is 0 Å². The van der Waals surface area contributed by atoms with Crippen LogP contribution in [0, 0.1) is 0 Å². The van der Waals surface area contributed by atoms with Gasteiger partial charge in [0, 0.05) is 11.6 Å². The van der Waals surface area contributed by atoms with Crippen LogP contribution in [0.4, 0.5) is 5.82 Å². The number of aromatic nitrogens is 2. The maximum Gasteiger partial charge on any atom is 0.146 e. The fourth-order valence-corrected chi connectivity index (χ4v) is 2.15. The number of hydrogen-bond donors (Lipinski definition) is 1. The molecular formula is C18H18N4O. The summed E-state index contributed by atoms with van der Waals surface area (Å²) in [6, 6.07) is 15.5. The first-order valence-electron chi connectivity index (χ1n) is 7.49. The van der Waals surface area contributed by atoms with E-state index in [0.717, 1.165) is 22.3 Å². The van der Waals surface area contributed by atoms with Crippen LogP contribution in [0.25, 0.3) is 10.9 Å². The lowest BCUT2D eigenvalue weighted by atomic mass is 10.2. The number of hydrogen-bond acceptors (Lipinski definition) is 5. The highest BCUT2D eigenvalue weighted by molar-refractivity contribution is 5.88. The number of nitrogens with one attached hydrogen (secondary N) is 1. The zero-order chi connectivity index (χ0) is 16.1. The molecule has 0 aliphatic carbocycles. The van der Waals surface area contributed by atoms with Gasteiger partial charge in [-0.05, 0) is 38.1 Å². The van der Waals surface area contributed by atoms with Crippen molar-refractivity contribution in [1.29, 1.82) is 0 Å². The summed E-state index contributed by atoms with van der Waals surface area (Å²) >= 11 is 0. The standard InChI is InChI=1S/C18H18N4O/c1-13(2)23-16-7-5-6-14-9-10-15(21-18(14)16)12-20-22-17-8-3-4-11-19-17/h3-13H,1-2H3,(H,19,22)/b20-12+. The lowest BCUT2D eigenvalue weighted by molar-refractivity contribution is 0.245. The Morgan fingerprint density at radius 3 is 2.78 bits per heavy atom. The molecule has 2 aromatic heterocycles. The van der Waals surface area contributed by atoms with Gasteiger partial charge in [0.05, 0.1) is 18.0 Å². The fourth-order valence-electron chi connectivity index (χ4n) is 2.15. The van der Waals surface area contributed by atoms with Crippen molar-refractivity contribution < 1.29 is 4.74 Å². The van der Waals surface area contributed by atoms with E-state index < -0.39 is 0 Å². The van der Waals surface area contributed by atoms with Gasteiger partial charge in [0.25, 0.3) is 0 Å². The molecule has 0 spiro atoms. The smallest absolute Gasteiger partial charge is 0.146 e.